The zero-order valence-electron chi connectivity index (χ0n) is 18.5. The Morgan fingerprint density at radius 3 is 2.77 bits per heavy atom. The predicted octanol–water partition coefficient (Wildman–Crippen LogP) is 4.58. The second-order valence-corrected chi connectivity index (χ2v) is 10.7. The number of likely N-dealkylation sites (tertiary alicyclic amines) is 1. The van der Waals surface area contributed by atoms with Crippen molar-refractivity contribution in [3.8, 4) is 5.75 Å². The Bertz CT molecular complexity index is 867. The summed E-state index contributed by atoms with van der Waals surface area (Å²) in [5.74, 6) is 1.57. The number of carbonyl (C=O) groups excluding carboxylic acids is 1. The molecule has 0 bridgehead atoms. The van der Waals surface area contributed by atoms with E-state index in [1.807, 2.05) is 32.3 Å². The van der Waals surface area contributed by atoms with Crippen LogP contribution in [0.2, 0.25) is 0 Å². The Labute approximate surface area is 183 Å². The molecule has 1 aromatic carbocycles. The summed E-state index contributed by atoms with van der Waals surface area (Å²) in [7, 11) is 0. The van der Waals surface area contributed by atoms with E-state index in [4.69, 9.17) is 4.74 Å². The smallest absolute Gasteiger partial charge is 0.225 e. The minimum absolute atomic E-state index is 0.0116. The number of nitrogens with one attached hydrogen (secondary N) is 1. The molecule has 1 amide bonds. The summed E-state index contributed by atoms with van der Waals surface area (Å²) in [5.41, 5.74) is 2.30. The third kappa shape index (κ3) is 4.86. The molecule has 2 aromatic rings. The summed E-state index contributed by atoms with van der Waals surface area (Å²) in [6, 6.07) is 6.65. The number of fused-ring (bicyclic) bond motifs is 1. The van der Waals surface area contributed by atoms with Crippen LogP contribution in [0.4, 0.5) is 0 Å². The number of aromatic nitrogens is 1. The third-order valence-corrected chi connectivity index (χ3v) is 7.01. The minimum atomic E-state index is -0.398. The van der Waals surface area contributed by atoms with E-state index in [1.165, 1.54) is 11.1 Å². The van der Waals surface area contributed by atoms with Gasteiger partial charge in [-0.2, -0.15) is 0 Å². The Morgan fingerprint density at radius 2 is 2.10 bits per heavy atom. The highest BCUT2D eigenvalue weighted by atomic mass is 32.1. The van der Waals surface area contributed by atoms with Crippen molar-refractivity contribution in [2.45, 2.75) is 65.6 Å². The molecule has 2 aliphatic heterocycles. The minimum Gasteiger partial charge on any atom is -0.490 e. The average molecular weight is 428 g/mol. The van der Waals surface area contributed by atoms with Crippen LogP contribution >= 0.6 is 11.3 Å². The maximum Gasteiger partial charge on any atom is 0.225 e. The summed E-state index contributed by atoms with van der Waals surface area (Å²) < 4.78 is 5.83. The summed E-state index contributed by atoms with van der Waals surface area (Å²) >= 11 is 1.64. The Morgan fingerprint density at radius 1 is 1.33 bits per heavy atom. The second-order valence-electron chi connectivity index (χ2n) is 9.76. The first kappa shape index (κ1) is 21.3. The lowest BCUT2D eigenvalue weighted by atomic mass is 9.87. The molecule has 30 heavy (non-hydrogen) atoms. The molecule has 1 saturated heterocycles. The van der Waals surface area contributed by atoms with Crippen LogP contribution in [0.1, 0.15) is 62.7 Å². The van der Waals surface area contributed by atoms with Crippen molar-refractivity contribution >= 4 is 17.2 Å². The van der Waals surface area contributed by atoms with Crippen LogP contribution < -0.4 is 10.1 Å². The van der Waals surface area contributed by atoms with Gasteiger partial charge in [-0.05, 0) is 56.0 Å². The molecule has 1 fully saturated rings. The van der Waals surface area contributed by atoms with Gasteiger partial charge in [0.15, 0.2) is 0 Å². The maximum absolute atomic E-state index is 12.7. The zero-order valence-corrected chi connectivity index (χ0v) is 19.3. The molecule has 0 spiro atoms. The first-order valence-corrected chi connectivity index (χ1v) is 11.9. The quantitative estimate of drug-likeness (QED) is 0.759. The van der Waals surface area contributed by atoms with Crippen LogP contribution in [0.5, 0.6) is 5.75 Å². The van der Waals surface area contributed by atoms with Gasteiger partial charge in [-0.3, -0.25) is 9.69 Å². The van der Waals surface area contributed by atoms with Gasteiger partial charge < -0.3 is 10.1 Å². The van der Waals surface area contributed by atoms with E-state index >= 15 is 0 Å². The van der Waals surface area contributed by atoms with Gasteiger partial charge in [0.1, 0.15) is 16.9 Å². The molecule has 2 aliphatic rings. The molecule has 4 rings (SSSR count). The standard InChI is InChI=1S/C24H33N3O2S/c1-16-13-19-14-17(5-6-20(19)29-16)15-27-10-7-18(8-11-27)21(22-25-9-12-30-22)26-23(28)24(2,3)4/h5-6,9,12,14,16,18,21H,7-8,10-11,13,15H2,1-4H3,(H,26,28)/t16-,21-/m1/s1. The molecule has 0 saturated carbocycles. The number of carbonyl (C=O) groups is 1. The van der Waals surface area contributed by atoms with Crippen molar-refractivity contribution < 1.29 is 9.53 Å². The van der Waals surface area contributed by atoms with Crippen LogP contribution in [0, 0.1) is 11.3 Å². The summed E-state index contributed by atoms with van der Waals surface area (Å²) in [5, 5.41) is 6.33. The Hall–Kier alpha value is -1.92. The number of rotatable bonds is 5. The van der Waals surface area contributed by atoms with Gasteiger partial charge in [0.25, 0.3) is 0 Å². The zero-order chi connectivity index (χ0) is 21.3. The number of thiazole rings is 1. The van der Waals surface area contributed by atoms with E-state index in [0.717, 1.165) is 49.7 Å². The summed E-state index contributed by atoms with van der Waals surface area (Å²) in [4.78, 5) is 19.7. The van der Waals surface area contributed by atoms with E-state index in [0.29, 0.717) is 5.92 Å². The molecule has 0 aliphatic carbocycles. The number of benzene rings is 1. The van der Waals surface area contributed by atoms with E-state index in [2.05, 4.69) is 40.3 Å². The molecule has 5 nitrogen and oxygen atoms in total. The van der Waals surface area contributed by atoms with Crippen molar-refractivity contribution in [2.24, 2.45) is 11.3 Å². The molecular formula is C24H33N3O2S. The van der Waals surface area contributed by atoms with E-state index in [-0.39, 0.29) is 18.1 Å². The van der Waals surface area contributed by atoms with Crippen LogP contribution in [0.15, 0.2) is 29.8 Å². The molecule has 162 valence electrons. The van der Waals surface area contributed by atoms with Gasteiger partial charge in [-0.25, -0.2) is 4.98 Å². The van der Waals surface area contributed by atoms with Crippen molar-refractivity contribution in [1.82, 2.24) is 15.2 Å². The highest BCUT2D eigenvalue weighted by Crippen LogP contribution is 2.34. The Balaban J connectivity index is 1.37. The highest BCUT2D eigenvalue weighted by molar-refractivity contribution is 7.09. The van der Waals surface area contributed by atoms with Crippen molar-refractivity contribution in [2.75, 3.05) is 13.1 Å². The fourth-order valence-electron chi connectivity index (χ4n) is 4.40. The lowest BCUT2D eigenvalue weighted by molar-refractivity contribution is -0.129. The monoisotopic (exact) mass is 427 g/mol. The molecule has 0 radical (unpaired) electrons. The fraction of sp³-hybridized carbons (Fsp3) is 0.583. The van der Waals surface area contributed by atoms with Crippen LogP contribution in [0.25, 0.3) is 0 Å². The number of piperidine rings is 1. The number of nitrogens with zero attached hydrogens (tertiary/aromatic N) is 2. The van der Waals surface area contributed by atoms with Crippen LogP contribution in [-0.2, 0) is 17.8 Å². The van der Waals surface area contributed by atoms with Gasteiger partial charge in [-0.1, -0.05) is 32.9 Å². The van der Waals surface area contributed by atoms with Crippen molar-refractivity contribution in [1.29, 1.82) is 0 Å². The van der Waals surface area contributed by atoms with Gasteiger partial charge in [-0.15, -0.1) is 11.3 Å². The molecule has 6 heteroatoms. The molecule has 1 aromatic heterocycles. The number of ether oxygens (including phenoxy) is 1. The molecular weight excluding hydrogens is 394 g/mol. The van der Waals surface area contributed by atoms with Crippen molar-refractivity contribution in [3.05, 3.63) is 45.9 Å². The van der Waals surface area contributed by atoms with Gasteiger partial charge >= 0.3 is 0 Å². The predicted molar refractivity (Wildman–Crippen MR) is 121 cm³/mol. The topological polar surface area (TPSA) is 54.5 Å². The van der Waals surface area contributed by atoms with E-state index in [9.17, 15) is 4.79 Å². The van der Waals surface area contributed by atoms with E-state index in [1.54, 1.807) is 11.3 Å². The first-order valence-electron chi connectivity index (χ1n) is 11.0. The summed E-state index contributed by atoms with van der Waals surface area (Å²) in [6.07, 6.45) is 5.27. The lowest BCUT2D eigenvalue weighted by Gasteiger charge is -2.36. The van der Waals surface area contributed by atoms with Gasteiger partial charge in [0.2, 0.25) is 5.91 Å². The molecule has 2 atom stereocenters. The van der Waals surface area contributed by atoms with E-state index < -0.39 is 5.41 Å². The second kappa shape index (κ2) is 8.67. The number of hydrogen-bond donors (Lipinski definition) is 1. The average Bonchev–Trinajstić information content (AvgIpc) is 3.34. The molecule has 1 N–H and O–H groups in total. The molecule has 3 heterocycles. The lowest BCUT2D eigenvalue weighted by Crippen LogP contribution is -2.43. The number of amides is 1. The number of hydrogen-bond acceptors (Lipinski definition) is 5. The SMILES string of the molecule is C[C@@H]1Cc2cc(CN3CCC([C@@H](NC(=O)C(C)(C)C)c4nccs4)CC3)ccc2O1. The highest BCUT2D eigenvalue weighted by Gasteiger charge is 2.33. The van der Waals surface area contributed by atoms with Gasteiger partial charge in [0.05, 0.1) is 6.04 Å². The van der Waals surface area contributed by atoms with Crippen LogP contribution in [0.3, 0.4) is 0 Å². The largest absolute Gasteiger partial charge is 0.490 e. The summed E-state index contributed by atoms with van der Waals surface area (Å²) in [6.45, 7) is 11.1. The first-order chi connectivity index (χ1) is 14.3. The third-order valence-electron chi connectivity index (χ3n) is 6.16. The van der Waals surface area contributed by atoms with Gasteiger partial charge in [0, 0.05) is 30.0 Å². The normalized spacial score (nSPS) is 21.1. The van der Waals surface area contributed by atoms with Crippen molar-refractivity contribution in [3.63, 3.8) is 0 Å². The maximum atomic E-state index is 12.7. The molecule has 0 unspecified atom stereocenters. The fourth-order valence-corrected chi connectivity index (χ4v) is 5.18. The van der Waals surface area contributed by atoms with Crippen LogP contribution in [-0.4, -0.2) is 35.0 Å². The Kier molecular flexibility index (Phi) is 6.16.